The molecule has 36 heavy (non-hydrogen) atoms. The summed E-state index contributed by atoms with van der Waals surface area (Å²) in [4.78, 5) is 20.9. The van der Waals surface area contributed by atoms with Crippen LogP contribution in [0, 0.1) is 0 Å². The van der Waals surface area contributed by atoms with Gasteiger partial charge in [-0.25, -0.2) is 4.98 Å². The summed E-state index contributed by atoms with van der Waals surface area (Å²) in [6, 6.07) is 37.8. The molecule has 0 saturated heterocycles. The molecular formula is C31H27N3O2. The highest BCUT2D eigenvalue weighted by molar-refractivity contribution is 5.99. The zero-order chi connectivity index (χ0) is 24.7. The van der Waals surface area contributed by atoms with Gasteiger partial charge < -0.3 is 9.64 Å². The quantitative estimate of drug-likeness (QED) is 0.224. The largest absolute Gasteiger partial charge is 0.497 e. The van der Waals surface area contributed by atoms with Crippen LogP contribution in [0.3, 0.4) is 0 Å². The predicted octanol–water partition coefficient (Wildman–Crippen LogP) is 6.69. The molecule has 0 saturated carbocycles. The number of ether oxygens (including phenoxy) is 1. The summed E-state index contributed by atoms with van der Waals surface area (Å²) in [6.45, 7) is 0.445. The van der Waals surface area contributed by atoms with Gasteiger partial charge in [0.25, 0.3) is 0 Å². The lowest BCUT2D eigenvalue weighted by Crippen LogP contribution is -2.30. The van der Waals surface area contributed by atoms with E-state index in [9.17, 15) is 4.79 Å². The highest BCUT2D eigenvalue weighted by Crippen LogP contribution is 2.31. The molecule has 5 heteroatoms. The third-order valence-corrected chi connectivity index (χ3v) is 6.23. The van der Waals surface area contributed by atoms with Crippen LogP contribution in [0.25, 0.3) is 5.69 Å². The van der Waals surface area contributed by atoms with Crippen molar-refractivity contribution in [3.8, 4) is 11.4 Å². The average molecular weight is 474 g/mol. The Hall–Kier alpha value is -4.64. The van der Waals surface area contributed by atoms with Gasteiger partial charge in [-0.1, -0.05) is 66.7 Å². The Labute approximate surface area is 211 Å². The number of anilines is 2. The number of imidazole rings is 1. The molecule has 5 nitrogen and oxygen atoms in total. The molecular weight excluding hydrogens is 446 g/mol. The number of benzene rings is 4. The van der Waals surface area contributed by atoms with Crippen molar-refractivity contribution in [2.75, 3.05) is 18.6 Å². The fraction of sp³-hybridized carbons (Fsp3) is 0.0968. The number of methoxy groups -OCH3 is 1. The van der Waals surface area contributed by atoms with Crippen LogP contribution >= 0.6 is 0 Å². The lowest BCUT2D eigenvalue weighted by atomic mass is 9.92. The van der Waals surface area contributed by atoms with Gasteiger partial charge in [0.1, 0.15) is 5.75 Å². The molecule has 0 aliphatic rings. The molecule has 5 aromatic rings. The SMILES string of the molecule is COc1ccc([C@H](CN(c2ccccc2)c2ccccc2)C(=O)c2nccn2-c2ccccc2)cc1. The van der Waals surface area contributed by atoms with Crippen molar-refractivity contribution in [3.63, 3.8) is 0 Å². The van der Waals surface area contributed by atoms with Crippen LogP contribution in [0.1, 0.15) is 22.1 Å². The monoisotopic (exact) mass is 473 g/mol. The lowest BCUT2D eigenvalue weighted by molar-refractivity contribution is 0.0950. The topological polar surface area (TPSA) is 47.4 Å². The van der Waals surface area contributed by atoms with Crippen LogP contribution in [-0.4, -0.2) is 29.0 Å². The van der Waals surface area contributed by atoms with Gasteiger partial charge in [-0.15, -0.1) is 0 Å². The maximum atomic E-state index is 14.2. The first-order valence-electron chi connectivity index (χ1n) is 11.9. The lowest BCUT2D eigenvalue weighted by Gasteiger charge is -2.29. The molecule has 4 aromatic carbocycles. The Kier molecular flexibility index (Phi) is 6.90. The summed E-state index contributed by atoms with van der Waals surface area (Å²) in [6.07, 6.45) is 3.51. The number of nitrogens with zero attached hydrogens (tertiary/aromatic N) is 3. The summed E-state index contributed by atoms with van der Waals surface area (Å²) in [5, 5.41) is 0. The van der Waals surface area contributed by atoms with Crippen LogP contribution in [0.2, 0.25) is 0 Å². The van der Waals surface area contributed by atoms with Crippen molar-refractivity contribution >= 4 is 17.2 Å². The van der Waals surface area contributed by atoms with Crippen molar-refractivity contribution in [2.24, 2.45) is 0 Å². The number of ketones is 1. The van der Waals surface area contributed by atoms with Gasteiger partial charge in [-0.3, -0.25) is 9.36 Å². The Balaban J connectivity index is 1.59. The van der Waals surface area contributed by atoms with Gasteiger partial charge in [-0.05, 0) is 54.1 Å². The summed E-state index contributed by atoms with van der Waals surface area (Å²) in [7, 11) is 1.64. The van der Waals surface area contributed by atoms with Crippen molar-refractivity contribution in [2.45, 2.75) is 5.92 Å². The first-order valence-corrected chi connectivity index (χ1v) is 11.9. The second-order valence-electron chi connectivity index (χ2n) is 8.43. The van der Waals surface area contributed by atoms with Gasteiger partial charge in [0, 0.05) is 36.0 Å². The number of carbonyl (C=O) groups is 1. The molecule has 5 rings (SSSR count). The molecule has 0 radical (unpaired) electrons. The Morgan fingerprint density at radius 1 is 0.806 bits per heavy atom. The first-order chi connectivity index (χ1) is 17.7. The summed E-state index contributed by atoms with van der Waals surface area (Å²) >= 11 is 0. The summed E-state index contributed by atoms with van der Waals surface area (Å²) in [5.41, 5.74) is 3.83. The standard InChI is InChI=1S/C31H27N3O2/c1-36-28-19-17-24(18-20-28)29(30(35)31-32-21-22-33(31)25-11-5-2-6-12-25)23-34(26-13-7-3-8-14-26)27-15-9-4-10-16-27/h2-22,29H,23H2,1H3/t29-/m0/s1. The fourth-order valence-electron chi connectivity index (χ4n) is 4.37. The van der Waals surface area contributed by atoms with Crippen LogP contribution in [0.4, 0.5) is 11.4 Å². The number of carbonyl (C=O) groups excluding carboxylic acids is 1. The molecule has 0 fully saturated rings. The van der Waals surface area contributed by atoms with E-state index in [4.69, 9.17) is 4.74 Å². The van der Waals surface area contributed by atoms with E-state index in [0.29, 0.717) is 12.4 Å². The summed E-state index contributed by atoms with van der Waals surface area (Å²) in [5.74, 6) is 0.633. The van der Waals surface area contributed by atoms with Gasteiger partial charge in [0.05, 0.1) is 13.0 Å². The first kappa shape index (κ1) is 23.1. The average Bonchev–Trinajstić information content (AvgIpc) is 3.45. The molecule has 0 bridgehead atoms. The number of Topliss-reactive ketones (excluding diaryl/α,β-unsaturated/α-hetero) is 1. The van der Waals surface area contributed by atoms with Crippen molar-refractivity contribution in [1.82, 2.24) is 9.55 Å². The van der Waals surface area contributed by atoms with Crippen molar-refractivity contribution in [3.05, 3.63) is 139 Å². The number of hydrogen-bond acceptors (Lipinski definition) is 4. The zero-order valence-corrected chi connectivity index (χ0v) is 20.1. The van der Waals surface area contributed by atoms with E-state index in [2.05, 4.69) is 34.1 Å². The minimum atomic E-state index is -0.471. The van der Waals surface area contributed by atoms with Gasteiger partial charge in [0.2, 0.25) is 5.78 Å². The maximum absolute atomic E-state index is 14.2. The normalized spacial score (nSPS) is 11.6. The minimum Gasteiger partial charge on any atom is -0.497 e. The third kappa shape index (κ3) is 4.91. The second-order valence-corrected chi connectivity index (χ2v) is 8.43. The Bertz CT molecular complexity index is 1360. The number of hydrogen-bond donors (Lipinski definition) is 0. The molecule has 1 heterocycles. The van der Waals surface area contributed by atoms with Gasteiger partial charge in [0.15, 0.2) is 5.82 Å². The predicted molar refractivity (Wildman–Crippen MR) is 144 cm³/mol. The Morgan fingerprint density at radius 3 is 1.92 bits per heavy atom. The minimum absolute atomic E-state index is 0.0501. The van der Waals surface area contributed by atoms with Crippen LogP contribution < -0.4 is 9.64 Å². The van der Waals surface area contributed by atoms with Crippen molar-refractivity contribution < 1.29 is 9.53 Å². The van der Waals surface area contributed by atoms with E-state index >= 15 is 0 Å². The van der Waals surface area contributed by atoms with E-state index in [1.54, 1.807) is 13.3 Å². The molecule has 1 atom stereocenters. The highest BCUT2D eigenvalue weighted by atomic mass is 16.5. The van der Waals surface area contributed by atoms with Crippen molar-refractivity contribution in [1.29, 1.82) is 0 Å². The third-order valence-electron chi connectivity index (χ3n) is 6.23. The van der Waals surface area contributed by atoms with Crippen LogP contribution in [-0.2, 0) is 0 Å². The highest BCUT2D eigenvalue weighted by Gasteiger charge is 2.29. The number of aromatic nitrogens is 2. The van der Waals surface area contributed by atoms with E-state index < -0.39 is 5.92 Å². The van der Waals surface area contributed by atoms with Crippen LogP contribution in [0.5, 0.6) is 5.75 Å². The van der Waals surface area contributed by atoms with E-state index in [1.807, 2.05) is 102 Å². The fourth-order valence-corrected chi connectivity index (χ4v) is 4.37. The molecule has 0 spiro atoms. The molecule has 0 N–H and O–H groups in total. The van der Waals surface area contributed by atoms with Crippen LogP contribution in [0.15, 0.2) is 128 Å². The Morgan fingerprint density at radius 2 is 1.36 bits per heavy atom. The van der Waals surface area contributed by atoms with Gasteiger partial charge >= 0.3 is 0 Å². The molecule has 0 amide bonds. The molecule has 0 aliphatic carbocycles. The van der Waals surface area contributed by atoms with E-state index in [0.717, 1.165) is 28.4 Å². The molecule has 0 aliphatic heterocycles. The van der Waals surface area contributed by atoms with E-state index in [-0.39, 0.29) is 5.78 Å². The molecule has 0 unspecified atom stereocenters. The maximum Gasteiger partial charge on any atom is 0.207 e. The second kappa shape index (κ2) is 10.7. The zero-order valence-electron chi connectivity index (χ0n) is 20.1. The smallest absolute Gasteiger partial charge is 0.207 e. The molecule has 1 aromatic heterocycles. The summed E-state index contributed by atoms with van der Waals surface area (Å²) < 4.78 is 7.22. The number of rotatable bonds is 9. The molecule has 178 valence electrons. The number of para-hydroxylation sites is 3. The van der Waals surface area contributed by atoms with E-state index in [1.165, 1.54) is 0 Å². The van der Waals surface area contributed by atoms with Gasteiger partial charge in [-0.2, -0.15) is 0 Å².